The summed E-state index contributed by atoms with van der Waals surface area (Å²) in [5, 5.41) is 4.63. The van der Waals surface area contributed by atoms with Crippen LogP contribution in [0.3, 0.4) is 0 Å². The quantitative estimate of drug-likeness (QED) is 0.883. The Morgan fingerprint density at radius 2 is 1.88 bits per heavy atom. The lowest BCUT2D eigenvalue weighted by Crippen LogP contribution is -2.48. The summed E-state index contributed by atoms with van der Waals surface area (Å²) in [7, 11) is 0. The minimum absolute atomic E-state index is 0.143. The Labute approximate surface area is 149 Å². The van der Waals surface area contributed by atoms with Gasteiger partial charge in [-0.25, -0.2) is 0 Å². The van der Waals surface area contributed by atoms with Crippen molar-refractivity contribution < 1.29 is 9.32 Å². The van der Waals surface area contributed by atoms with Gasteiger partial charge in [-0.05, 0) is 12.1 Å². The van der Waals surface area contributed by atoms with Gasteiger partial charge in [0.1, 0.15) is 0 Å². The van der Waals surface area contributed by atoms with E-state index in [9.17, 15) is 4.79 Å². The number of aromatic nitrogens is 2. The molecule has 0 radical (unpaired) electrons. The third-order valence-corrected chi connectivity index (χ3v) is 4.52. The number of amides is 1. The van der Waals surface area contributed by atoms with Crippen molar-refractivity contribution in [1.29, 1.82) is 0 Å². The molecule has 1 aromatic heterocycles. The highest BCUT2D eigenvalue weighted by Gasteiger charge is 2.25. The Bertz CT molecular complexity index is 708. The smallest absolute Gasteiger partial charge is 0.256 e. The molecule has 9 heteroatoms. The van der Waals surface area contributed by atoms with Crippen LogP contribution >= 0.6 is 23.2 Å². The first kappa shape index (κ1) is 17.2. The zero-order valence-corrected chi connectivity index (χ0v) is 14.4. The number of piperazine rings is 1. The Morgan fingerprint density at radius 1 is 1.21 bits per heavy atom. The first-order valence-corrected chi connectivity index (χ1v) is 8.31. The summed E-state index contributed by atoms with van der Waals surface area (Å²) < 4.78 is 4.99. The number of carbonyl (C=O) groups is 1. The van der Waals surface area contributed by atoms with Gasteiger partial charge in [0.2, 0.25) is 5.89 Å². The van der Waals surface area contributed by atoms with Crippen molar-refractivity contribution in [3.8, 4) is 0 Å². The van der Waals surface area contributed by atoms with Crippen molar-refractivity contribution in [1.82, 2.24) is 19.9 Å². The topological polar surface area (TPSA) is 88.5 Å². The lowest BCUT2D eigenvalue weighted by Gasteiger charge is -2.34. The molecule has 1 aliphatic rings. The van der Waals surface area contributed by atoms with Crippen LogP contribution in [0.2, 0.25) is 10.0 Å². The summed E-state index contributed by atoms with van der Waals surface area (Å²) in [6.45, 7) is 3.39. The molecule has 0 bridgehead atoms. The fourth-order valence-corrected chi connectivity index (χ4v) is 3.17. The third kappa shape index (κ3) is 3.70. The van der Waals surface area contributed by atoms with E-state index >= 15 is 0 Å². The summed E-state index contributed by atoms with van der Waals surface area (Å²) in [5.41, 5.74) is 5.81. The average Bonchev–Trinajstić information content (AvgIpc) is 3.03. The van der Waals surface area contributed by atoms with Gasteiger partial charge in [0.15, 0.2) is 5.82 Å². The van der Waals surface area contributed by atoms with Gasteiger partial charge < -0.3 is 15.2 Å². The molecule has 1 amide bonds. The monoisotopic (exact) mass is 369 g/mol. The molecule has 0 unspecified atom stereocenters. The molecule has 24 heavy (non-hydrogen) atoms. The van der Waals surface area contributed by atoms with Gasteiger partial charge in [-0.3, -0.25) is 9.69 Å². The van der Waals surface area contributed by atoms with Gasteiger partial charge in [-0.2, -0.15) is 4.98 Å². The van der Waals surface area contributed by atoms with Crippen LogP contribution in [0.15, 0.2) is 22.7 Å². The fraction of sp³-hybridized carbons (Fsp3) is 0.400. The highest BCUT2D eigenvalue weighted by atomic mass is 35.5. The number of halogens is 2. The standard InChI is InChI=1S/C15H17Cl2N5O2/c16-10-2-1-3-11(17)14(10)15(23)22-6-4-21(5-7-22)9-12-19-13(8-18)24-20-12/h1-3H,4-9,18H2. The number of carbonyl (C=O) groups excluding carboxylic acids is 1. The van der Waals surface area contributed by atoms with Crippen molar-refractivity contribution in [3.63, 3.8) is 0 Å². The van der Waals surface area contributed by atoms with Crippen LogP contribution in [0.1, 0.15) is 22.1 Å². The van der Waals surface area contributed by atoms with Crippen LogP contribution in [0.25, 0.3) is 0 Å². The van der Waals surface area contributed by atoms with Crippen molar-refractivity contribution in [3.05, 3.63) is 45.5 Å². The van der Waals surface area contributed by atoms with Gasteiger partial charge >= 0.3 is 0 Å². The van der Waals surface area contributed by atoms with E-state index in [2.05, 4.69) is 15.0 Å². The van der Waals surface area contributed by atoms with Gasteiger partial charge in [0.05, 0.1) is 28.7 Å². The molecular weight excluding hydrogens is 353 g/mol. The zero-order chi connectivity index (χ0) is 17.1. The first-order valence-electron chi connectivity index (χ1n) is 7.55. The molecule has 0 atom stereocenters. The molecule has 0 spiro atoms. The molecule has 1 aromatic carbocycles. The van der Waals surface area contributed by atoms with Crippen molar-refractivity contribution >= 4 is 29.1 Å². The van der Waals surface area contributed by atoms with Crippen molar-refractivity contribution in [2.75, 3.05) is 26.2 Å². The molecule has 2 aromatic rings. The van der Waals surface area contributed by atoms with E-state index in [4.69, 9.17) is 33.5 Å². The summed E-state index contributed by atoms with van der Waals surface area (Å²) >= 11 is 12.2. The van der Waals surface area contributed by atoms with Gasteiger partial charge in [-0.15, -0.1) is 0 Å². The second-order valence-electron chi connectivity index (χ2n) is 5.47. The summed E-state index contributed by atoms with van der Waals surface area (Å²) in [4.78, 5) is 20.7. The normalized spacial score (nSPS) is 15.7. The van der Waals surface area contributed by atoms with Crippen LogP contribution in [0.4, 0.5) is 0 Å². The largest absolute Gasteiger partial charge is 0.338 e. The molecule has 1 aliphatic heterocycles. The van der Waals surface area contributed by atoms with Crippen LogP contribution in [-0.2, 0) is 13.1 Å². The molecule has 2 heterocycles. The molecule has 0 aliphatic carbocycles. The van der Waals surface area contributed by atoms with Gasteiger partial charge in [-0.1, -0.05) is 34.4 Å². The highest BCUT2D eigenvalue weighted by molar-refractivity contribution is 6.39. The minimum atomic E-state index is -0.143. The number of hydrogen-bond donors (Lipinski definition) is 1. The van der Waals surface area contributed by atoms with E-state index in [1.807, 2.05) is 0 Å². The van der Waals surface area contributed by atoms with Crippen LogP contribution < -0.4 is 5.73 Å². The molecule has 1 saturated heterocycles. The van der Waals surface area contributed by atoms with E-state index in [1.165, 1.54) is 0 Å². The maximum Gasteiger partial charge on any atom is 0.256 e. The van der Waals surface area contributed by atoms with Crippen LogP contribution in [0.5, 0.6) is 0 Å². The number of benzene rings is 1. The fourth-order valence-electron chi connectivity index (χ4n) is 2.61. The lowest BCUT2D eigenvalue weighted by atomic mass is 10.1. The van der Waals surface area contributed by atoms with Crippen LogP contribution in [0, 0.1) is 0 Å². The van der Waals surface area contributed by atoms with E-state index in [0.29, 0.717) is 60.0 Å². The van der Waals surface area contributed by atoms with Crippen LogP contribution in [-0.4, -0.2) is 52.0 Å². The zero-order valence-electron chi connectivity index (χ0n) is 12.9. The maximum atomic E-state index is 12.6. The second-order valence-corrected chi connectivity index (χ2v) is 6.29. The average molecular weight is 370 g/mol. The number of nitrogens with zero attached hydrogens (tertiary/aromatic N) is 4. The highest BCUT2D eigenvalue weighted by Crippen LogP contribution is 2.26. The van der Waals surface area contributed by atoms with E-state index in [1.54, 1.807) is 23.1 Å². The molecular formula is C15H17Cl2N5O2. The number of rotatable bonds is 4. The summed E-state index contributed by atoms with van der Waals surface area (Å²) in [5.74, 6) is 0.881. The minimum Gasteiger partial charge on any atom is -0.338 e. The molecule has 0 saturated carbocycles. The lowest BCUT2D eigenvalue weighted by molar-refractivity contribution is 0.0624. The second kappa shape index (κ2) is 7.48. The van der Waals surface area contributed by atoms with Crippen molar-refractivity contribution in [2.24, 2.45) is 5.73 Å². The predicted molar refractivity (Wildman–Crippen MR) is 89.8 cm³/mol. The Hall–Kier alpha value is -1.67. The van der Waals surface area contributed by atoms with Gasteiger partial charge in [0.25, 0.3) is 5.91 Å². The summed E-state index contributed by atoms with van der Waals surface area (Å²) in [6, 6.07) is 5.06. The van der Waals surface area contributed by atoms with E-state index < -0.39 is 0 Å². The van der Waals surface area contributed by atoms with Gasteiger partial charge in [0, 0.05) is 26.2 Å². The molecule has 2 N–H and O–H groups in total. The maximum absolute atomic E-state index is 12.6. The Balaban J connectivity index is 1.59. The van der Waals surface area contributed by atoms with E-state index in [0.717, 1.165) is 0 Å². The molecule has 7 nitrogen and oxygen atoms in total. The Kier molecular flexibility index (Phi) is 5.35. The summed E-state index contributed by atoms with van der Waals surface area (Å²) in [6.07, 6.45) is 0. The predicted octanol–water partition coefficient (Wildman–Crippen LogP) is 1.79. The number of hydrogen-bond acceptors (Lipinski definition) is 6. The molecule has 128 valence electrons. The van der Waals surface area contributed by atoms with Crippen molar-refractivity contribution in [2.45, 2.75) is 13.1 Å². The molecule has 1 fully saturated rings. The SMILES string of the molecule is NCc1nc(CN2CCN(C(=O)c3c(Cl)cccc3Cl)CC2)no1. The number of nitrogens with two attached hydrogens (primary N) is 1. The Morgan fingerprint density at radius 3 is 2.46 bits per heavy atom. The third-order valence-electron chi connectivity index (χ3n) is 3.89. The first-order chi connectivity index (χ1) is 11.6. The molecule has 3 rings (SSSR count). The van der Waals surface area contributed by atoms with E-state index in [-0.39, 0.29) is 12.5 Å².